The maximum atomic E-state index is 13.9. The molecule has 188 valence electrons. The van der Waals surface area contributed by atoms with Crippen molar-refractivity contribution in [2.45, 2.75) is 25.8 Å². The summed E-state index contributed by atoms with van der Waals surface area (Å²) in [4.78, 5) is 54.6. The molecule has 0 unspecified atom stereocenters. The van der Waals surface area contributed by atoms with Gasteiger partial charge in [0.1, 0.15) is 11.9 Å². The first kappa shape index (κ1) is 26.3. The Morgan fingerprint density at radius 3 is 2.33 bits per heavy atom. The number of fused-ring (bicyclic) bond motifs is 1. The summed E-state index contributed by atoms with van der Waals surface area (Å²) in [6.07, 6.45) is 3.98. The number of nitrogens with zero attached hydrogens (tertiary/aromatic N) is 2. The van der Waals surface area contributed by atoms with Crippen molar-refractivity contribution in [2.75, 3.05) is 5.88 Å². The number of carbonyl (C=O) groups excluding carboxylic acids is 4. The van der Waals surface area contributed by atoms with E-state index in [0.717, 1.165) is 22.2 Å². The normalized spacial score (nSPS) is 21.9. The molecule has 2 aromatic rings. The van der Waals surface area contributed by atoms with Crippen LogP contribution in [0.4, 0.5) is 4.39 Å². The highest BCUT2D eigenvalue weighted by Crippen LogP contribution is 2.40. The van der Waals surface area contributed by atoms with Crippen LogP contribution < -0.4 is 0 Å². The van der Waals surface area contributed by atoms with Gasteiger partial charge in [-0.05, 0) is 61.2 Å². The van der Waals surface area contributed by atoms with Crippen molar-refractivity contribution in [3.63, 3.8) is 0 Å². The van der Waals surface area contributed by atoms with Crippen molar-refractivity contribution >= 4 is 58.3 Å². The molecule has 3 amide bonds. The maximum Gasteiger partial charge on any atom is 0.273 e. The number of hydrogen-bond donors (Lipinski definition) is 0. The molecular weight excluding hydrogens is 530 g/mol. The summed E-state index contributed by atoms with van der Waals surface area (Å²) < 4.78 is 13.5. The summed E-state index contributed by atoms with van der Waals surface area (Å²) in [6, 6.07) is 7.58. The summed E-state index contributed by atoms with van der Waals surface area (Å²) in [5, 5.41) is 1.98. The third-order valence-corrected chi connectivity index (χ3v) is 7.51. The molecule has 4 rings (SSSR count). The average Bonchev–Trinajstić information content (AvgIpc) is 3.11. The van der Waals surface area contributed by atoms with Crippen molar-refractivity contribution in [1.29, 1.82) is 0 Å². The van der Waals surface area contributed by atoms with E-state index in [0.29, 0.717) is 6.42 Å². The lowest BCUT2D eigenvalue weighted by molar-refractivity contribution is -0.156. The molecule has 1 aliphatic heterocycles. The largest absolute Gasteiger partial charge is 0.292 e. The first-order valence-corrected chi connectivity index (χ1v) is 12.6. The van der Waals surface area contributed by atoms with Crippen molar-refractivity contribution < 1.29 is 23.6 Å². The van der Waals surface area contributed by atoms with Gasteiger partial charge >= 0.3 is 0 Å². The zero-order valence-corrected chi connectivity index (χ0v) is 21.4. The van der Waals surface area contributed by atoms with Gasteiger partial charge in [-0.1, -0.05) is 42.3 Å². The van der Waals surface area contributed by atoms with E-state index >= 15 is 0 Å². The van der Waals surface area contributed by atoms with Crippen molar-refractivity contribution in [1.82, 2.24) is 10.0 Å². The molecular formula is C26H22Cl3FN2O4. The molecule has 0 radical (unpaired) electrons. The fraction of sp³-hybridized carbons (Fsp3) is 0.308. The van der Waals surface area contributed by atoms with Gasteiger partial charge in [0.05, 0.1) is 21.9 Å². The van der Waals surface area contributed by atoms with Gasteiger partial charge in [-0.3, -0.25) is 19.2 Å². The number of halogens is 4. The minimum Gasteiger partial charge on any atom is -0.292 e. The minimum absolute atomic E-state index is 0.0255. The van der Waals surface area contributed by atoms with E-state index in [9.17, 15) is 23.6 Å². The van der Waals surface area contributed by atoms with E-state index in [1.807, 2.05) is 19.1 Å². The second kappa shape index (κ2) is 10.7. The van der Waals surface area contributed by atoms with Crippen LogP contribution in [0.1, 0.15) is 40.5 Å². The van der Waals surface area contributed by atoms with E-state index in [1.165, 1.54) is 30.3 Å². The number of Topliss-reactive ketones (excluding diaryl/α,β-unsaturated/α-hetero) is 1. The van der Waals surface area contributed by atoms with Crippen LogP contribution in [0.2, 0.25) is 10.0 Å². The molecule has 0 bridgehead atoms. The fourth-order valence-corrected chi connectivity index (χ4v) is 5.26. The van der Waals surface area contributed by atoms with Crippen molar-refractivity contribution in [3.8, 4) is 0 Å². The van der Waals surface area contributed by atoms with Crippen molar-refractivity contribution in [2.24, 2.45) is 17.8 Å². The predicted molar refractivity (Wildman–Crippen MR) is 134 cm³/mol. The van der Waals surface area contributed by atoms with E-state index in [4.69, 9.17) is 34.8 Å². The van der Waals surface area contributed by atoms with E-state index in [-0.39, 0.29) is 39.4 Å². The number of hydrazine groups is 1. The molecule has 1 heterocycles. The highest BCUT2D eigenvalue weighted by molar-refractivity contribution is 6.42. The molecule has 4 atom stereocenters. The van der Waals surface area contributed by atoms with Gasteiger partial charge in [0.15, 0.2) is 5.78 Å². The summed E-state index contributed by atoms with van der Waals surface area (Å²) in [7, 11) is 0. The standard InChI is InChI=1S/C26H22Cl3FN2O4/c1-14-3-2-4-18-22(14)26(36)32(25(18)35)31(24(34)16-7-10-19(28)20(29)13-16)21(11-12-27)23(33)15-5-8-17(30)9-6-15/h2-3,5-10,13-14,18,21-22H,4,11-12H2,1H3/t14-,18+,21-,22-/m1/s1. The SMILES string of the molecule is C[C@@H]1C=CC[C@@H]2C(=O)N(N(C(=O)c3ccc(Cl)c(Cl)c3)[C@H](CCCl)C(=O)c3ccc(F)cc3)C(=O)[C@H]12. The van der Waals surface area contributed by atoms with Crippen LogP contribution in [0.5, 0.6) is 0 Å². The molecule has 0 aromatic heterocycles. The summed E-state index contributed by atoms with van der Waals surface area (Å²) >= 11 is 18.2. The lowest BCUT2D eigenvalue weighted by Crippen LogP contribution is -2.57. The van der Waals surface area contributed by atoms with Crippen LogP contribution in [0.15, 0.2) is 54.6 Å². The zero-order chi connectivity index (χ0) is 26.1. The van der Waals surface area contributed by atoms with Crippen LogP contribution in [0, 0.1) is 23.6 Å². The van der Waals surface area contributed by atoms with Gasteiger partial charge < -0.3 is 0 Å². The molecule has 0 spiro atoms. The summed E-state index contributed by atoms with van der Waals surface area (Å²) in [6.45, 7) is 1.83. The third-order valence-electron chi connectivity index (χ3n) is 6.55. The molecule has 6 nitrogen and oxygen atoms in total. The van der Waals surface area contributed by atoms with E-state index < -0.39 is 47.2 Å². The number of carbonyl (C=O) groups is 4. The number of amides is 3. The molecule has 10 heteroatoms. The summed E-state index contributed by atoms with van der Waals surface area (Å²) in [5.74, 6) is -4.66. The lowest BCUT2D eigenvalue weighted by Gasteiger charge is -2.36. The average molecular weight is 552 g/mol. The van der Waals surface area contributed by atoms with Gasteiger partial charge in [-0.2, -0.15) is 5.01 Å². The lowest BCUT2D eigenvalue weighted by atomic mass is 9.78. The molecule has 1 aliphatic carbocycles. The second-order valence-corrected chi connectivity index (χ2v) is 9.98. The Bertz CT molecular complexity index is 1250. The van der Waals surface area contributed by atoms with Crippen LogP contribution in [0.3, 0.4) is 0 Å². The number of rotatable bonds is 7. The zero-order valence-electron chi connectivity index (χ0n) is 19.2. The fourth-order valence-electron chi connectivity index (χ4n) is 4.75. The van der Waals surface area contributed by atoms with Gasteiger partial charge in [0, 0.05) is 17.0 Å². The van der Waals surface area contributed by atoms with Gasteiger partial charge in [-0.15, -0.1) is 11.6 Å². The maximum absolute atomic E-state index is 13.9. The molecule has 0 N–H and O–H groups in total. The Hall–Kier alpha value is -2.74. The minimum atomic E-state index is -1.31. The number of imide groups is 1. The Balaban J connectivity index is 1.83. The van der Waals surface area contributed by atoms with Crippen molar-refractivity contribution in [3.05, 3.63) is 81.6 Å². The van der Waals surface area contributed by atoms with Crippen LogP contribution in [-0.4, -0.2) is 45.4 Å². The molecule has 1 saturated heterocycles. The molecule has 2 aromatic carbocycles. The topological polar surface area (TPSA) is 74.8 Å². The van der Waals surface area contributed by atoms with Gasteiger partial charge in [0.25, 0.3) is 17.7 Å². The predicted octanol–water partition coefficient (Wildman–Crippen LogP) is 5.57. The Morgan fingerprint density at radius 2 is 1.72 bits per heavy atom. The van der Waals surface area contributed by atoms with Crippen LogP contribution >= 0.6 is 34.8 Å². The van der Waals surface area contributed by atoms with E-state index in [1.54, 1.807) is 0 Å². The number of allylic oxidation sites excluding steroid dienone is 2. The number of ketones is 1. The Labute approximate surface area is 222 Å². The van der Waals surface area contributed by atoms with Crippen LogP contribution in [0.25, 0.3) is 0 Å². The molecule has 0 saturated carbocycles. The highest BCUT2D eigenvalue weighted by atomic mass is 35.5. The van der Waals surface area contributed by atoms with E-state index in [2.05, 4.69) is 0 Å². The van der Waals surface area contributed by atoms with Gasteiger partial charge in [-0.25, -0.2) is 9.40 Å². The monoisotopic (exact) mass is 550 g/mol. The number of alkyl halides is 1. The third kappa shape index (κ3) is 4.80. The molecule has 2 aliphatic rings. The van der Waals surface area contributed by atoms with Gasteiger partial charge in [0.2, 0.25) is 0 Å². The quantitative estimate of drug-likeness (QED) is 0.195. The Morgan fingerprint density at radius 1 is 1.06 bits per heavy atom. The number of hydrogen-bond acceptors (Lipinski definition) is 4. The smallest absolute Gasteiger partial charge is 0.273 e. The molecule has 1 fully saturated rings. The first-order valence-electron chi connectivity index (χ1n) is 11.3. The number of benzene rings is 2. The van der Waals surface area contributed by atoms with Crippen LogP contribution in [-0.2, 0) is 9.59 Å². The summed E-state index contributed by atoms with van der Waals surface area (Å²) in [5.41, 5.74) is 0.127. The molecule has 36 heavy (non-hydrogen) atoms. The Kier molecular flexibility index (Phi) is 7.83. The second-order valence-electron chi connectivity index (χ2n) is 8.79. The highest BCUT2D eigenvalue weighted by Gasteiger charge is 2.54. The first-order chi connectivity index (χ1) is 17.1.